The Morgan fingerprint density at radius 3 is 2.19 bits per heavy atom. The number of nitrogens with one attached hydrogen (secondary N) is 5. The fourth-order valence-corrected chi connectivity index (χ4v) is 7.27. The van der Waals surface area contributed by atoms with Gasteiger partial charge in [0.15, 0.2) is 0 Å². The molecule has 358 valence electrons. The number of carbonyl (C=O) groups excluding carboxylic acids is 5. The molecule has 4 aromatic rings. The minimum atomic E-state index is -1.24. The number of benzene rings is 3. The lowest BCUT2D eigenvalue weighted by Gasteiger charge is -2.23. The summed E-state index contributed by atoms with van der Waals surface area (Å²) < 4.78 is 5.80. The van der Waals surface area contributed by atoms with Crippen molar-refractivity contribution in [2.45, 2.75) is 103 Å². The fraction of sp³-hybridized carbons (Fsp3) is 0.404. The molecule has 0 aliphatic heterocycles. The van der Waals surface area contributed by atoms with Crippen LogP contribution in [0.4, 0.5) is 11.5 Å². The molecule has 2 atom stereocenters. The molecule has 3 aromatic carbocycles. The first-order valence-corrected chi connectivity index (χ1v) is 22.9. The van der Waals surface area contributed by atoms with E-state index < -0.39 is 23.5 Å². The van der Waals surface area contributed by atoms with Crippen LogP contribution in [0, 0.1) is 6.92 Å². The van der Waals surface area contributed by atoms with Crippen molar-refractivity contribution in [3.8, 4) is 11.1 Å². The molecule has 0 saturated carbocycles. The van der Waals surface area contributed by atoms with Crippen molar-refractivity contribution in [3.05, 3.63) is 126 Å². The summed E-state index contributed by atoms with van der Waals surface area (Å²) >= 11 is 0. The van der Waals surface area contributed by atoms with E-state index in [2.05, 4.69) is 50.3 Å². The Balaban J connectivity index is 1.06. The van der Waals surface area contributed by atoms with Crippen LogP contribution in [0.15, 0.2) is 104 Å². The molecule has 0 fully saturated rings. The smallest absolute Gasteiger partial charge is 0.305 e. The van der Waals surface area contributed by atoms with E-state index in [4.69, 9.17) is 4.74 Å². The number of aromatic nitrogens is 1. The Kier molecular flexibility index (Phi) is 22.4. The fourth-order valence-electron chi connectivity index (χ4n) is 7.27. The van der Waals surface area contributed by atoms with Crippen molar-refractivity contribution in [3.63, 3.8) is 0 Å². The summed E-state index contributed by atoms with van der Waals surface area (Å²) in [7, 11) is 0. The van der Waals surface area contributed by atoms with Gasteiger partial charge in [0, 0.05) is 63.9 Å². The first kappa shape index (κ1) is 52.9. The van der Waals surface area contributed by atoms with E-state index in [0.717, 1.165) is 46.5 Å². The maximum atomic E-state index is 12.7. The predicted molar refractivity (Wildman–Crippen MR) is 259 cm³/mol. The number of Topliss-reactive ketones (excluding diaryl/α,β-unsaturated/α-hetero) is 1. The molecule has 15 heteroatoms. The molecule has 0 aliphatic rings. The number of carboxylic acid groups (broad SMARTS) is 1. The molecule has 15 nitrogen and oxygen atoms in total. The second-order valence-electron chi connectivity index (χ2n) is 16.8. The summed E-state index contributed by atoms with van der Waals surface area (Å²) in [5.74, 6) is -1.50. The van der Waals surface area contributed by atoms with E-state index >= 15 is 0 Å². The summed E-state index contributed by atoms with van der Waals surface area (Å²) in [6.07, 6.45) is 7.65. The molecule has 0 saturated heterocycles. The molecular weight excluding hydrogens is 853 g/mol. The Morgan fingerprint density at radius 1 is 0.761 bits per heavy atom. The van der Waals surface area contributed by atoms with Crippen LogP contribution in [0.1, 0.15) is 99.4 Å². The number of pyridine rings is 1. The number of carbonyl (C=O) groups is 6. The summed E-state index contributed by atoms with van der Waals surface area (Å²) in [4.78, 5) is 77.2. The molecule has 1 heterocycles. The lowest BCUT2D eigenvalue weighted by atomic mass is 9.90. The molecule has 0 radical (unpaired) electrons. The van der Waals surface area contributed by atoms with Crippen LogP contribution in [0.3, 0.4) is 0 Å². The third-order valence-corrected chi connectivity index (χ3v) is 10.9. The highest BCUT2D eigenvalue weighted by atomic mass is 16.5. The van der Waals surface area contributed by atoms with E-state index in [0.29, 0.717) is 69.7 Å². The molecule has 0 aliphatic carbocycles. The minimum absolute atomic E-state index is 0.0222. The lowest BCUT2D eigenvalue weighted by molar-refractivity contribution is -0.138. The molecule has 0 spiro atoms. The number of carboxylic acids is 1. The quantitative estimate of drug-likeness (QED) is 0.0206. The number of hydrogen-bond donors (Lipinski definition) is 7. The van der Waals surface area contributed by atoms with Gasteiger partial charge in [0.05, 0.1) is 24.6 Å². The van der Waals surface area contributed by atoms with E-state index in [1.807, 2.05) is 55.5 Å². The van der Waals surface area contributed by atoms with Gasteiger partial charge in [-0.3, -0.25) is 28.8 Å². The predicted octanol–water partition coefficient (Wildman–Crippen LogP) is 6.79. The van der Waals surface area contributed by atoms with Gasteiger partial charge >= 0.3 is 5.97 Å². The molecule has 1 aromatic heterocycles. The maximum absolute atomic E-state index is 12.7. The van der Waals surface area contributed by atoms with Crippen molar-refractivity contribution in [1.29, 1.82) is 0 Å². The molecule has 2 unspecified atom stereocenters. The van der Waals surface area contributed by atoms with Gasteiger partial charge in [0.1, 0.15) is 11.6 Å². The van der Waals surface area contributed by atoms with Gasteiger partial charge in [-0.1, -0.05) is 66.7 Å². The van der Waals surface area contributed by atoms with Crippen molar-refractivity contribution in [2.75, 3.05) is 43.5 Å². The van der Waals surface area contributed by atoms with E-state index in [1.165, 1.54) is 13.0 Å². The van der Waals surface area contributed by atoms with Gasteiger partial charge in [0.25, 0.3) is 0 Å². The average molecular weight is 919 g/mol. The van der Waals surface area contributed by atoms with Crippen molar-refractivity contribution in [1.82, 2.24) is 20.9 Å². The van der Waals surface area contributed by atoms with Gasteiger partial charge in [-0.25, -0.2) is 4.98 Å². The number of nitrogens with zero attached hydrogens (tertiary/aromatic N) is 1. The van der Waals surface area contributed by atoms with Crippen molar-refractivity contribution >= 4 is 46.9 Å². The Labute approximate surface area is 393 Å². The molecule has 4 rings (SSSR count). The van der Waals surface area contributed by atoms with Crippen LogP contribution in [0.25, 0.3) is 11.1 Å². The number of hydrogen-bond acceptors (Lipinski definition) is 10. The second kappa shape index (κ2) is 28.4. The highest BCUT2D eigenvalue weighted by Crippen LogP contribution is 2.25. The van der Waals surface area contributed by atoms with Gasteiger partial charge in [-0.15, -0.1) is 6.58 Å². The third-order valence-electron chi connectivity index (χ3n) is 10.9. The first-order chi connectivity index (χ1) is 32.2. The maximum Gasteiger partial charge on any atom is 0.305 e. The monoisotopic (exact) mass is 918 g/mol. The van der Waals surface area contributed by atoms with Gasteiger partial charge < -0.3 is 41.5 Å². The topological polar surface area (TPSA) is 225 Å². The highest BCUT2D eigenvalue weighted by molar-refractivity contribution is 5.91. The Hall–Kier alpha value is -6.71. The van der Waals surface area contributed by atoms with Gasteiger partial charge in [-0.2, -0.15) is 0 Å². The van der Waals surface area contributed by atoms with E-state index in [9.17, 15) is 39.0 Å². The van der Waals surface area contributed by atoms with Crippen molar-refractivity contribution in [2.24, 2.45) is 0 Å². The van der Waals surface area contributed by atoms with Crippen LogP contribution >= 0.6 is 0 Å². The number of rotatable bonds is 31. The second-order valence-corrected chi connectivity index (χ2v) is 16.8. The average Bonchev–Trinajstić information content (AvgIpc) is 3.30. The summed E-state index contributed by atoms with van der Waals surface area (Å²) in [6, 6.07) is 25.9. The number of aliphatic hydroxyl groups is 1. The number of amides is 4. The molecular formula is C52H66N6O9. The normalized spacial score (nSPS) is 12.2. The zero-order chi connectivity index (χ0) is 48.4. The zero-order valence-electron chi connectivity index (χ0n) is 38.7. The molecule has 4 amide bonds. The molecule has 67 heavy (non-hydrogen) atoms. The van der Waals surface area contributed by atoms with Crippen molar-refractivity contribution < 1.29 is 43.7 Å². The molecule has 7 N–H and O–H groups in total. The molecule has 0 bridgehead atoms. The third kappa shape index (κ3) is 21.0. The Morgan fingerprint density at radius 2 is 1.48 bits per heavy atom. The number of anilines is 2. The van der Waals surface area contributed by atoms with Crippen LogP contribution in [-0.2, 0) is 46.3 Å². The van der Waals surface area contributed by atoms with Gasteiger partial charge in [-0.05, 0) is 116 Å². The van der Waals surface area contributed by atoms with Crippen LogP contribution in [0.5, 0.6) is 0 Å². The lowest BCUT2D eigenvalue weighted by Crippen LogP contribution is -2.39. The van der Waals surface area contributed by atoms with Crippen LogP contribution < -0.4 is 26.6 Å². The Bertz CT molecular complexity index is 2250. The van der Waals surface area contributed by atoms with Crippen LogP contribution in [-0.4, -0.2) is 89.0 Å². The first-order valence-electron chi connectivity index (χ1n) is 22.9. The number of aliphatic carboxylic acids is 1. The summed E-state index contributed by atoms with van der Waals surface area (Å²) in [5, 5.41) is 34.3. The van der Waals surface area contributed by atoms with Gasteiger partial charge in [0.2, 0.25) is 23.6 Å². The zero-order valence-corrected chi connectivity index (χ0v) is 38.7. The van der Waals surface area contributed by atoms with E-state index in [1.54, 1.807) is 30.5 Å². The SMILES string of the molecule is C=CC(O)(CCc1ccc(NC(=O)CCCC(=O)NCCCOCCCc2cccc(-c3ccc(C(CC(=O)O)NC(=O)CNC(=O)CCCNc4cc(C)ccn4)cc3)c2)cc1)CC(C)=O. The minimum Gasteiger partial charge on any atom is -0.481 e. The summed E-state index contributed by atoms with van der Waals surface area (Å²) in [6.45, 7) is 8.89. The number of aryl methyl sites for hydroxylation is 3. The summed E-state index contributed by atoms with van der Waals surface area (Å²) in [5.41, 5.74) is 5.15. The number of ketones is 1. The number of ether oxygens (including phenoxy) is 1. The standard InChI is InChI=1S/C52H66N6O9/c1-4-52(66,35-38(3)59)26-24-39-16-22-44(23-17-39)57-49(62)14-6-13-47(60)55-28-9-31-67-30-8-11-40-10-5-12-43(33-40)41-18-20-42(21-19-41)45(34-51(64)65)58-50(63)36-56-48(61)15-7-27-53-46-32-37(2)25-29-54-46/h4-5,10,12,16-23,25,29,32-33,45,66H,1,6-9,11,13-15,24,26-28,30-31,34-36H2,2-3H3,(H,53,54)(H,55,60)(H,56,61)(H,57,62)(H,58,63)(H,64,65). The highest BCUT2D eigenvalue weighted by Gasteiger charge is 2.24. The van der Waals surface area contributed by atoms with E-state index in [-0.39, 0.29) is 62.2 Å². The largest absolute Gasteiger partial charge is 0.481 e. The van der Waals surface area contributed by atoms with Crippen LogP contribution in [0.2, 0.25) is 0 Å².